The quantitative estimate of drug-likeness (QED) is 0.470. The highest BCUT2D eigenvalue weighted by atomic mass is 79.9. The van der Waals surface area contributed by atoms with E-state index in [1.807, 2.05) is 61.5 Å². The van der Waals surface area contributed by atoms with E-state index >= 15 is 0 Å². The zero-order valence-corrected chi connectivity index (χ0v) is 16.2. The highest BCUT2D eigenvalue weighted by Crippen LogP contribution is 2.28. The van der Waals surface area contributed by atoms with Crippen LogP contribution in [0.15, 0.2) is 77.5 Å². The second kappa shape index (κ2) is 7.29. The molecule has 0 aliphatic rings. The molecule has 5 heteroatoms. The number of anilines is 1. The van der Waals surface area contributed by atoms with E-state index in [1.165, 1.54) is 0 Å². The van der Waals surface area contributed by atoms with E-state index in [1.54, 1.807) is 18.5 Å². The lowest BCUT2D eigenvalue weighted by atomic mass is 10.0. The van der Waals surface area contributed by atoms with Gasteiger partial charge in [-0.05, 0) is 49.4 Å². The zero-order chi connectivity index (χ0) is 18.8. The Kier molecular flexibility index (Phi) is 4.69. The van der Waals surface area contributed by atoms with Crippen molar-refractivity contribution >= 4 is 38.4 Å². The number of aromatic nitrogens is 2. The van der Waals surface area contributed by atoms with E-state index in [4.69, 9.17) is 4.98 Å². The molecule has 0 aliphatic heterocycles. The number of fused-ring (bicyclic) bond motifs is 1. The van der Waals surface area contributed by atoms with Gasteiger partial charge < -0.3 is 5.32 Å². The van der Waals surface area contributed by atoms with Crippen molar-refractivity contribution in [3.05, 3.63) is 88.7 Å². The van der Waals surface area contributed by atoms with Gasteiger partial charge in [0.05, 0.1) is 28.7 Å². The third kappa shape index (κ3) is 3.73. The smallest absolute Gasteiger partial charge is 0.256 e. The topological polar surface area (TPSA) is 54.9 Å². The van der Waals surface area contributed by atoms with E-state index in [9.17, 15) is 4.79 Å². The summed E-state index contributed by atoms with van der Waals surface area (Å²) >= 11 is 3.50. The Labute approximate surface area is 165 Å². The molecule has 0 saturated heterocycles. The van der Waals surface area contributed by atoms with Crippen LogP contribution in [0.5, 0.6) is 0 Å². The van der Waals surface area contributed by atoms with Crippen LogP contribution in [0.3, 0.4) is 0 Å². The average Bonchev–Trinajstić information content (AvgIpc) is 2.68. The molecule has 0 spiro atoms. The third-order valence-electron chi connectivity index (χ3n) is 4.25. The Bertz CT molecular complexity index is 1140. The molecule has 2 aromatic heterocycles. The number of aryl methyl sites for hydroxylation is 1. The summed E-state index contributed by atoms with van der Waals surface area (Å²) in [7, 11) is 0. The molecular weight excluding hydrogens is 402 g/mol. The SMILES string of the molecule is Cc1ccc2nc(-c3cccc(Br)c3)cc(C(=O)Nc3cccnc3)c2c1. The summed E-state index contributed by atoms with van der Waals surface area (Å²) in [6.07, 6.45) is 3.30. The number of carbonyl (C=O) groups excluding carboxylic acids is 1. The highest BCUT2D eigenvalue weighted by Gasteiger charge is 2.15. The second-order valence-electron chi connectivity index (χ2n) is 6.28. The first kappa shape index (κ1) is 17.4. The standard InChI is InChI=1S/C22H16BrN3O/c1-14-7-8-20-18(10-14)19(22(27)25-17-6-3-9-24-13-17)12-21(26-20)15-4-2-5-16(23)11-15/h2-13H,1H3,(H,25,27). The number of nitrogens with zero attached hydrogens (tertiary/aromatic N) is 2. The van der Waals surface area contributed by atoms with Gasteiger partial charge in [-0.25, -0.2) is 4.98 Å². The summed E-state index contributed by atoms with van der Waals surface area (Å²) in [5.41, 5.74) is 4.81. The maximum Gasteiger partial charge on any atom is 0.256 e. The van der Waals surface area contributed by atoms with Crippen LogP contribution in [0.4, 0.5) is 5.69 Å². The van der Waals surface area contributed by atoms with Crippen molar-refractivity contribution < 1.29 is 4.79 Å². The number of amides is 1. The van der Waals surface area contributed by atoms with E-state index < -0.39 is 0 Å². The van der Waals surface area contributed by atoms with Crippen molar-refractivity contribution in [2.45, 2.75) is 6.92 Å². The molecule has 0 fully saturated rings. The van der Waals surface area contributed by atoms with Crippen LogP contribution >= 0.6 is 15.9 Å². The summed E-state index contributed by atoms with van der Waals surface area (Å²) in [5, 5.41) is 3.75. The lowest BCUT2D eigenvalue weighted by Crippen LogP contribution is -2.13. The average molecular weight is 418 g/mol. The predicted octanol–water partition coefficient (Wildman–Crippen LogP) is 5.62. The molecule has 27 heavy (non-hydrogen) atoms. The van der Waals surface area contributed by atoms with Crippen LogP contribution < -0.4 is 5.32 Å². The summed E-state index contributed by atoms with van der Waals surface area (Å²) in [5.74, 6) is -0.183. The van der Waals surface area contributed by atoms with Crippen LogP contribution in [0.2, 0.25) is 0 Å². The minimum atomic E-state index is -0.183. The molecule has 0 radical (unpaired) electrons. The molecule has 4 nitrogen and oxygen atoms in total. The van der Waals surface area contributed by atoms with Gasteiger partial charge in [-0.15, -0.1) is 0 Å². The van der Waals surface area contributed by atoms with Crippen LogP contribution in [-0.2, 0) is 0 Å². The molecular formula is C22H16BrN3O. The van der Waals surface area contributed by atoms with Gasteiger partial charge in [-0.2, -0.15) is 0 Å². The predicted molar refractivity (Wildman–Crippen MR) is 112 cm³/mol. The molecule has 0 atom stereocenters. The Balaban J connectivity index is 1.86. The van der Waals surface area contributed by atoms with Gasteiger partial charge in [0, 0.05) is 21.6 Å². The maximum absolute atomic E-state index is 13.0. The van der Waals surface area contributed by atoms with Crippen LogP contribution in [0, 0.1) is 6.92 Å². The van der Waals surface area contributed by atoms with Crippen LogP contribution in [0.1, 0.15) is 15.9 Å². The molecule has 0 saturated carbocycles. The van der Waals surface area contributed by atoms with Gasteiger partial charge in [-0.3, -0.25) is 9.78 Å². The zero-order valence-electron chi connectivity index (χ0n) is 14.6. The molecule has 2 heterocycles. The van der Waals surface area contributed by atoms with Gasteiger partial charge in [-0.1, -0.05) is 39.7 Å². The molecule has 0 aliphatic carbocycles. The number of nitrogens with one attached hydrogen (secondary N) is 1. The Morgan fingerprint density at radius 1 is 1.04 bits per heavy atom. The van der Waals surface area contributed by atoms with E-state index in [-0.39, 0.29) is 5.91 Å². The van der Waals surface area contributed by atoms with Crippen molar-refractivity contribution in [1.82, 2.24) is 9.97 Å². The number of benzene rings is 2. The van der Waals surface area contributed by atoms with Gasteiger partial charge >= 0.3 is 0 Å². The first-order valence-corrected chi connectivity index (χ1v) is 9.28. The summed E-state index contributed by atoms with van der Waals surface area (Å²) < 4.78 is 0.965. The maximum atomic E-state index is 13.0. The molecule has 2 aromatic carbocycles. The minimum Gasteiger partial charge on any atom is -0.321 e. The molecule has 0 unspecified atom stereocenters. The number of halogens is 1. The van der Waals surface area contributed by atoms with Gasteiger partial charge in [0.1, 0.15) is 0 Å². The Morgan fingerprint density at radius 3 is 2.70 bits per heavy atom. The highest BCUT2D eigenvalue weighted by molar-refractivity contribution is 9.10. The first-order valence-electron chi connectivity index (χ1n) is 8.49. The van der Waals surface area contributed by atoms with Gasteiger partial charge in [0.25, 0.3) is 5.91 Å². The number of pyridine rings is 2. The van der Waals surface area contributed by atoms with E-state index in [2.05, 4.69) is 26.2 Å². The molecule has 1 amide bonds. The fraction of sp³-hybridized carbons (Fsp3) is 0.0455. The molecule has 4 rings (SSSR count). The normalized spacial score (nSPS) is 10.7. The second-order valence-corrected chi connectivity index (χ2v) is 7.20. The molecule has 1 N–H and O–H groups in total. The Hall–Kier alpha value is -3.05. The Morgan fingerprint density at radius 2 is 1.93 bits per heavy atom. The first-order chi connectivity index (χ1) is 13.1. The van der Waals surface area contributed by atoms with Crippen molar-refractivity contribution in [1.29, 1.82) is 0 Å². The third-order valence-corrected chi connectivity index (χ3v) is 4.74. The van der Waals surface area contributed by atoms with Gasteiger partial charge in [0.2, 0.25) is 0 Å². The lowest BCUT2D eigenvalue weighted by molar-refractivity contribution is 0.102. The molecule has 4 aromatic rings. The summed E-state index contributed by atoms with van der Waals surface area (Å²) in [6, 6.07) is 19.3. The van der Waals surface area contributed by atoms with Crippen molar-refractivity contribution in [3.8, 4) is 11.3 Å². The van der Waals surface area contributed by atoms with Crippen molar-refractivity contribution in [2.75, 3.05) is 5.32 Å². The minimum absolute atomic E-state index is 0.183. The fourth-order valence-electron chi connectivity index (χ4n) is 2.96. The fourth-order valence-corrected chi connectivity index (χ4v) is 3.36. The van der Waals surface area contributed by atoms with Crippen molar-refractivity contribution in [2.24, 2.45) is 0 Å². The monoisotopic (exact) mass is 417 g/mol. The van der Waals surface area contributed by atoms with E-state index in [0.29, 0.717) is 11.3 Å². The number of hydrogen-bond donors (Lipinski definition) is 1. The number of carbonyl (C=O) groups is 1. The summed E-state index contributed by atoms with van der Waals surface area (Å²) in [4.78, 5) is 21.8. The van der Waals surface area contributed by atoms with Gasteiger partial charge in [0.15, 0.2) is 0 Å². The van der Waals surface area contributed by atoms with E-state index in [0.717, 1.165) is 32.2 Å². The molecule has 132 valence electrons. The summed E-state index contributed by atoms with van der Waals surface area (Å²) in [6.45, 7) is 2.00. The number of hydrogen-bond acceptors (Lipinski definition) is 3. The largest absolute Gasteiger partial charge is 0.321 e. The van der Waals surface area contributed by atoms with Crippen molar-refractivity contribution in [3.63, 3.8) is 0 Å². The lowest BCUT2D eigenvalue weighted by Gasteiger charge is -2.11. The van der Waals surface area contributed by atoms with Crippen LogP contribution in [-0.4, -0.2) is 15.9 Å². The molecule has 0 bridgehead atoms. The van der Waals surface area contributed by atoms with Crippen LogP contribution in [0.25, 0.3) is 22.2 Å². The number of rotatable bonds is 3.